The van der Waals surface area contributed by atoms with Crippen LogP contribution in [-0.2, 0) is 9.59 Å². The number of hydrogen-bond acceptors (Lipinski definition) is 4. The van der Waals surface area contributed by atoms with Gasteiger partial charge in [0.15, 0.2) is 18.2 Å². The van der Waals surface area contributed by atoms with E-state index in [9.17, 15) is 14.0 Å². The maximum atomic E-state index is 13.3. The summed E-state index contributed by atoms with van der Waals surface area (Å²) in [7, 11) is 0. The SMILES string of the molecule is C[C@H](Sc1ccccc1)C(=O)NNC(=O)COc1ccccc1F. The van der Waals surface area contributed by atoms with Gasteiger partial charge in [-0.15, -0.1) is 11.8 Å². The lowest BCUT2D eigenvalue weighted by atomic mass is 10.3. The summed E-state index contributed by atoms with van der Waals surface area (Å²) in [6.07, 6.45) is 0. The molecule has 2 rings (SSSR count). The van der Waals surface area contributed by atoms with Crippen LogP contribution in [0.5, 0.6) is 5.75 Å². The molecule has 0 saturated carbocycles. The van der Waals surface area contributed by atoms with Crippen LogP contribution in [0.4, 0.5) is 4.39 Å². The number of rotatable bonds is 6. The van der Waals surface area contributed by atoms with Crippen LogP contribution < -0.4 is 15.6 Å². The van der Waals surface area contributed by atoms with Crippen molar-refractivity contribution < 1.29 is 18.7 Å². The van der Waals surface area contributed by atoms with Crippen molar-refractivity contribution in [3.8, 4) is 5.75 Å². The van der Waals surface area contributed by atoms with Gasteiger partial charge in [-0.05, 0) is 31.2 Å². The number of para-hydroxylation sites is 1. The molecule has 0 fully saturated rings. The van der Waals surface area contributed by atoms with Gasteiger partial charge in [0.2, 0.25) is 0 Å². The number of amides is 2. The minimum absolute atomic E-state index is 0.0213. The average molecular weight is 348 g/mol. The van der Waals surface area contributed by atoms with Crippen LogP contribution in [0.2, 0.25) is 0 Å². The minimum atomic E-state index is -0.580. The first kappa shape index (κ1) is 17.8. The van der Waals surface area contributed by atoms with Gasteiger partial charge >= 0.3 is 0 Å². The minimum Gasteiger partial charge on any atom is -0.481 e. The van der Waals surface area contributed by atoms with E-state index in [1.54, 1.807) is 13.0 Å². The van der Waals surface area contributed by atoms with E-state index in [1.165, 1.54) is 30.0 Å². The molecule has 0 radical (unpaired) electrons. The van der Waals surface area contributed by atoms with Crippen LogP contribution in [0, 0.1) is 5.82 Å². The number of carbonyl (C=O) groups is 2. The van der Waals surface area contributed by atoms with Gasteiger partial charge in [-0.1, -0.05) is 30.3 Å². The standard InChI is InChI=1S/C17H17FN2O3S/c1-12(24-13-7-3-2-4-8-13)17(22)20-19-16(21)11-23-15-10-6-5-9-14(15)18/h2-10,12H,11H2,1H3,(H,19,21)(H,20,22)/t12-/m0/s1. The molecule has 0 aliphatic heterocycles. The van der Waals surface area contributed by atoms with Crippen molar-refractivity contribution in [2.75, 3.05) is 6.61 Å². The Labute approximate surface area is 143 Å². The fourth-order valence-electron chi connectivity index (χ4n) is 1.73. The second-order valence-corrected chi connectivity index (χ2v) is 6.24. The van der Waals surface area contributed by atoms with Gasteiger partial charge in [-0.25, -0.2) is 4.39 Å². The fraction of sp³-hybridized carbons (Fsp3) is 0.176. The van der Waals surface area contributed by atoms with Crippen LogP contribution in [0.25, 0.3) is 0 Å². The predicted molar refractivity (Wildman–Crippen MR) is 89.9 cm³/mol. The third kappa shape index (κ3) is 5.58. The first-order valence-corrected chi connectivity index (χ1v) is 8.12. The first-order chi connectivity index (χ1) is 11.6. The second kappa shape index (κ2) is 8.93. The summed E-state index contributed by atoms with van der Waals surface area (Å²) in [4.78, 5) is 24.5. The van der Waals surface area contributed by atoms with Crippen LogP contribution >= 0.6 is 11.8 Å². The Kier molecular flexibility index (Phi) is 6.62. The highest BCUT2D eigenvalue weighted by Gasteiger charge is 2.15. The topological polar surface area (TPSA) is 67.4 Å². The number of nitrogens with one attached hydrogen (secondary N) is 2. The van der Waals surface area contributed by atoms with Crippen LogP contribution in [0.1, 0.15) is 6.92 Å². The van der Waals surface area contributed by atoms with Crippen LogP contribution in [-0.4, -0.2) is 23.7 Å². The molecule has 7 heteroatoms. The number of thioether (sulfide) groups is 1. The van der Waals surface area contributed by atoms with E-state index in [4.69, 9.17) is 4.74 Å². The van der Waals surface area contributed by atoms with Crippen LogP contribution in [0.3, 0.4) is 0 Å². The normalized spacial score (nSPS) is 11.4. The zero-order valence-electron chi connectivity index (χ0n) is 13.0. The Balaban J connectivity index is 1.73. The summed E-state index contributed by atoms with van der Waals surface area (Å²) < 4.78 is 18.4. The lowest BCUT2D eigenvalue weighted by Gasteiger charge is -2.13. The number of hydrazine groups is 1. The van der Waals surface area contributed by atoms with Gasteiger partial charge in [-0.3, -0.25) is 20.4 Å². The van der Waals surface area contributed by atoms with Crippen molar-refractivity contribution in [1.82, 2.24) is 10.9 Å². The van der Waals surface area contributed by atoms with Crippen molar-refractivity contribution in [3.63, 3.8) is 0 Å². The molecule has 0 saturated heterocycles. The molecule has 0 aliphatic carbocycles. The van der Waals surface area contributed by atoms with Crippen LogP contribution in [0.15, 0.2) is 59.5 Å². The Bertz CT molecular complexity index is 697. The van der Waals surface area contributed by atoms with Gasteiger partial charge in [0.05, 0.1) is 5.25 Å². The molecule has 2 N–H and O–H groups in total. The van der Waals surface area contributed by atoms with Gasteiger partial charge in [0.25, 0.3) is 11.8 Å². The highest BCUT2D eigenvalue weighted by Crippen LogP contribution is 2.22. The number of ether oxygens (including phenoxy) is 1. The van der Waals surface area contributed by atoms with Crippen molar-refractivity contribution in [2.45, 2.75) is 17.1 Å². The van der Waals surface area contributed by atoms with E-state index < -0.39 is 18.3 Å². The average Bonchev–Trinajstić information content (AvgIpc) is 2.59. The molecule has 126 valence electrons. The van der Waals surface area contributed by atoms with E-state index in [1.807, 2.05) is 30.3 Å². The zero-order valence-corrected chi connectivity index (χ0v) is 13.8. The van der Waals surface area contributed by atoms with Gasteiger partial charge in [0, 0.05) is 4.90 Å². The molecule has 2 amide bonds. The smallest absolute Gasteiger partial charge is 0.276 e. The van der Waals surface area contributed by atoms with Gasteiger partial charge in [-0.2, -0.15) is 0 Å². The summed E-state index contributed by atoms with van der Waals surface area (Å²) in [5, 5.41) is -0.389. The second-order valence-electron chi connectivity index (χ2n) is 4.83. The van der Waals surface area contributed by atoms with E-state index >= 15 is 0 Å². The highest BCUT2D eigenvalue weighted by molar-refractivity contribution is 8.00. The van der Waals surface area contributed by atoms with E-state index in [0.29, 0.717) is 0 Å². The maximum Gasteiger partial charge on any atom is 0.276 e. The summed E-state index contributed by atoms with van der Waals surface area (Å²) in [6.45, 7) is 1.33. The lowest BCUT2D eigenvalue weighted by Crippen LogP contribution is -2.46. The molecule has 5 nitrogen and oxygen atoms in total. The van der Waals surface area contributed by atoms with Gasteiger partial charge in [0.1, 0.15) is 0 Å². The number of carbonyl (C=O) groups excluding carboxylic acids is 2. The van der Waals surface area contributed by atoms with Crippen molar-refractivity contribution in [1.29, 1.82) is 0 Å². The molecule has 0 heterocycles. The van der Waals surface area contributed by atoms with Gasteiger partial charge < -0.3 is 4.74 Å². The Morgan fingerprint density at radius 2 is 1.75 bits per heavy atom. The molecule has 24 heavy (non-hydrogen) atoms. The maximum absolute atomic E-state index is 13.3. The molecule has 1 atom stereocenters. The third-order valence-electron chi connectivity index (χ3n) is 2.95. The van der Waals surface area contributed by atoms with Crippen molar-refractivity contribution in [2.24, 2.45) is 0 Å². The summed E-state index contributed by atoms with van der Waals surface area (Å²) in [5.41, 5.74) is 4.56. The molecular weight excluding hydrogens is 331 g/mol. The Hall–Kier alpha value is -2.54. The summed E-state index contributed by atoms with van der Waals surface area (Å²) in [6, 6.07) is 15.2. The molecule has 2 aromatic carbocycles. The van der Waals surface area contributed by atoms with Crippen molar-refractivity contribution in [3.05, 3.63) is 60.4 Å². The lowest BCUT2D eigenvalue weighted by molar-refractivity contribution is -0.129. The summed E-state index contributed by atoms with van der Waals surface area (Å²) >= 11 is 1.37. The van der Waals surface area contributed by atoms with E-state index in [-0.39, 0.29) is 16.9 Å². The predicted octanol–water partition coefficient (Wildman–Crippen LogP) is 2.53. The quantitative estimate of drug-likeness (QED) is 0.622. The molecule has 0 aromatic heterocycles. The zero-order chi connectivity index (χ0) is 17.4. The number of hydrogen-bond donors (Lipinski definition) is 2. The fourth-order valence-corrected chi connectivity index (χ4v) is 2.62. The molecular formula is C17H17FN2O3S. The molecule has 0 bridgehead atoms. The van der Waals surface area contributed by atoms with E-state index in [2.05, 4.69) is 10.9 Å². The number of halogens is 1. The monoisotopic (exact) mass is 348 g/mol. The summed E-state index contributed by atoms with van der Waals surface area (Å²) in [5.74, 6) is -1.50. The first-order valence-electron chi connectivity index (χ1n) is 7.24. The van der Waals surface area contributed by atoms with E-state index in [0.717, 1.165) is 4.90 Å². The Morgan fingerprint density at radius 3 is 2.46 bits per heavy atom. The Morgan fingerprint density at radius 1 is 1.08 bits per heavy atom. The third-order valence-corrected chi connectivity index (χ3v) is 4.06. The largest absolute Gasteiger partial charge is 0.481 e. The molecule has 2 aromatic rings. The molecule has 0 aliphatic rings. The number of benzene rings is 2. The highest BCUT2D eigenvalue weighted by atomic mass is 32.2. The van der Waals surface area contributed by atoms with Crippen molar-refractivity contribution >= 4 is 23.6 Å². The molecule has 0 unspecified atom stereocenters. The molecule has 0 spiro atoms.